The van der Waals surface area contributed by atoms with Gasteiger partial charge in [-0.1, -0.05) is 25.9 Å². The van der Waals surface area contributed by atoms with Crippen LogP contribution in [0.25, 0.3) is 11.2 Å². The lowest BCUT2D eigenvalue weighted by Crippen LogP contribution is -2.44. The second kappa shape index (κ2) is 8.98. The lowest BCUT2D eigenvalue weighted by molar-refractivity contribution is -0.0524. The molecule has 0 aliphatic carbocycles. The van der Waals surface area contributed by atoms with Crippen molar-refractivity contribution in [1.82, 2.24) is 19.5 Å². The molecule has 3 heterocycles. The van der Waals surface area contributed by atoms with E-state index in [0.29, 0.717) is 29.9 Å². The van der Waals surface area contributed by atoms with Gasteiger partial charge in [0.15, 0.2) is 19.8 Å². The molecule has 0 spiro atoms. The number of nitrogens with zero attached hydrogens (tertiary/aromatic N) is 5. The monoisotopic (exact) mass is 470 g/mol. The Kier molecular flexibility index (Phi) is 6.92. The van der Waals surface area contributed by atoms with Crippen molar-refractivity contribution in [1.29, 1.82) is 0 Å². The first-order chi connectivity index (χ1) is 14.4. The molecule has 1 aliphatic heterocycles. The maximum atomic E-state index is 8.95. The summed E-state index contributed by atoms with van der Waals surface area (Å²) in [7, 11) is -1.97. The highest BCUT2D eigenvalue weighted by Crippen LogP contribution is 2.38. The van der Waals surface area contributed by atoms with Crippen molar-refractivity contribution in [2.24, 2.45) is 5.16 Å². The molecule has 2 aromatic rings. The predicted octanol–water partition coefficient (Wildman–Crippen LogP) is 3.61. The van der Waals surface area contributed by atoms with Crippen molar-refractivity contribution in [2.75, 3.05) is 18.9 Å². The summed E-state index contributed by atoms with van der Waals surface area (Å²) in [5, 5.41) is 12.3. The quantitative estimate of drug-likeness (QED) is 0.206. The molecule has 10 nitrogen and oxygen atoms in total. The van der Waals surface area contributed by atoms with E-state index in [1.54, 1.807) is 17.8 Å². The number of hydrogen-bond acceptors (Lipinski definition) is 9. The molecule has 0 saturated carbocycles. The van der Waals surface area contributed by atoms with E-state index in [1.807, 2.05) is 0 Å². The minimum Gasteiger partial charge on any atom is -0.414 e. The Bertz CT molecular complexity index is 961. The van der Waals surface area contributed by atoms with Crippen LogP contribution in [0, 0.1) is 0 Å². The van der Waals surface area contributed by atoms with Crippen LogP contribution in [0.1, 0.15) is 40.3 Å². The minimum absolute atomic E-state index is 0.0464. The zero-order chi connectivity index (χ0) is 23.0. The number of imidazole rings is 1. The third-order valence-corrected chi connectivity index (χ3v) is 10.7. The molecule has 1 saturated heterocycles. The largest absolute Gasteiger partial charge is 0.414 e. The van der Waals surface area contributed by atoms with Gasteiger partial charge in [0.25, 0.3) is 0 Å². The van der Waals surface area contributed by atoms with E-state index in [2.05, 4.69) is 54.0 Å². The van der Waals surface area contributed by atoms with Crippen molar-refractivity contribution in [3.05, 3.63) is 11.6 Å². The Balaban J connectivity index is 1.82. The molecule has 0 bridgehead atoms. The van der Waals surface area contributed by atoms with Gasteiger partial charge < -0.3 is 24.8 Å². The third kappa shape index (κ3) is 5.17. The zero-order valence-corrected chi connectivity index (χ0v) is 20.5. The number of nitrogen functional groups attached to an aromatic ring is 1. The third-order valence-electron chi connectivity index (χ3n) is 6.00. The number of rotatable bonds is 7. The lowest BCUT2D eigenvalue weighted by Gasteiger charge is -2.37. The highest BCUT2D eigenvalue weighted by Gasteiger charge is 2.42. The van der Waals surface area contributed by atoms with Crippen LogP contribution in [0.15, 0.2) is 11.5 Å². The van der Waals surface area contributed by atoms with Crippen LogP contribution >= 0.6 is 11.6 Å². The number of nitrogens with two attached hydrogens (primary N) is 1. The number of anilines is 1. The Hall–Kier alpha value is -1.79. The molecular weight excluding hydrogens is 440 g/mol. The van der Waals surface area contributed by atoms with Crippen molar-refractivity contribution >= 4 is 42.6 Å². The molecule has 31 heavy (non-hydrogen) atoms. The maximum absolute atomic E-state index is 8.95. The SMILES string of the molecule is CC(CO[C@H]1C[C@H](n2cnc3c(N)nc(Cl)nc32)O[C@@H]1CO[Si](C)(C)C(C)(C)C)=NO. The summed E-state index contributed by atoms with van der Waals surface area (Å²) in [4.78, 5) is 12.5. The molecular formula is C19H31ClN6O4Si. The van der Waals surface area contributed by atoms with Gasteiger partial charge in [0.05, 0.1) is 31.4 Å². The van der Waals surface area contributed by atoms with Crippen LogP contribution in [0.3, 0.4) is 0 Å². The normalized spacial score (nSPS) is 23.1. The van der Waals surface area contributed by atoms with E-state index in [-0.39, 0.29) is 41.2 Å². The minimum atomic E-state index is -1.97. The van der Waals surface area contributed by atoms with E-state index < -0.39 is 8.32 Å². The van der Waals surface area contributed by atoms with Gasteiger partial charge in [0.1, 0.15) is 17.8 Å². The predicted molar refractivity (Wildman–Crippen MR) is 121 cm³/mol. The highest BCUT2D eigenvalue weighted by molar-refractivity contribution is 6.74. The Morgan fingerprint density at radius 3 is 2.77 bits per heavy atom. The van der Waals surface area contributed by atoms with Crippen molar-refractivity contribution in [3.63, 3.8) is 0 Å². The summed E-state index contributed by atoms with van der Waals surface area (Å²) in [6.45, 7) is 13.3. The van der Waals surface area contributed by atoms with Crippen LogP contribution in [-0.2, 0) is 13.9 Å². The standard InChI is InChI=1S/C19H31ClN6O4Si/c1-11(25-27)8-28-12-7-14(30-13(12)9-29-31(5,6)19(2,3)4)26-10-22-15-16(21)23-18(20)24-17(15)26/h10,12-14,27H,7-9H2,1-6H3,(H2,21,23,24)/t12-,13+,14+/m0/s1. The van der Waals surface area contributed by atoms with E-state index in [1.165, 1.54) is 0 Å². The summed E-state index contributed by atoms with van der Waals surface area (Å²) in [6.07, 6.45) is 1.19. The van der Waals surface area contributed by atoms with Crippen LogP contribution in [0.5, 0.6) is 0 Å². The van der Waals surface area contributed by atoms with Crippen molar-refractivity contribution in [3.8, 4) is 0 Å². The first kappa shape index (κ1) is 23.9. The first-order valence-corrected chi connectivity index (χ1v) is 13.5. The average Bonchev–Trinajstić information content (AvgIpc) is 3.27. The highest BCUT2D eigenvalue weighted by atomic mass is 35.5. The van der Waals surface area contributed by atoms with Gasteiger partial charge in [-0.25, -0.2) is 4.98 Å². The lowest BCUT2D eigenvalue weighted by atomic mass is 10.2. The van der Waals surface area contributed by atoms with E-state index >= 15 is 0 Å². The number of oxime groups is 1. The molecule has 0 radical (unpaired) electrons. The van der Waals surface area contributed by atoms with Crippen LogP contribution < -0.4 is 5.73 Å². The van der Waals surface area contributed by atoms with Crippen molar-refractivity contribution < 1.29 is 19.1 Å². The topological polar surface area (TPSA) is 130 Å². The molecule has 3 rings (SSSR count). The summed E-state index contributed by atoms with van der Waals surface area (Å²) in [6, 6.07) is 0. The summed E-state index contributed by atoms with van der Waals surface area (Å²) >= 11 is 6.00. The summed E-state index contributed by atoms with van der Waals surface area (Å²) < 4.78 is 20.5. The number of ether oxygens (including phenoxy) is 2. The Morgan fingerprint density at radius 2 is 2.13 bits per heavy atom. The van der Waals surface area contributed by atoms with Gasteiger partial charge in [-0.05, 0) is 36.7 Å². The second-order valence-electron chi connectivity index (χ2n) is 9.32. The first-order valence-electron chi connectivity index (χ1n) is 10.2. The van der Waals surface area contributed by atoms with Gasteiger partial charge in [-0.2, -0.15) is 9.97 Å². The molecule has 1 aliphatic rings. The number of hydrogen-bond donors (Lipinski definition) is 2. The fourth-order valence-electron chi connectivity index (χ4n) is 3.08. The fourth-order valence-corrected chi connectivity index (χ4v) is 4.27. The Labute approximate surface area is 187 Å². The molecule has 12 heteroatoms. The van der Waals surface area contributed by atoms with E-state index in [4.69, 9.17) is 36.4 Å². The molecule has 3 atom stereocenters. The Morgan fingerprint density at radius 1 is 1.42 bits per heavy atom. The maximum Gasteiger partial charge on any atom is 0.226 e. The zero-order valence-electron chi connectivity index (χ0n) is 18.8. The number of aromatic nitrogens is 4. The van der Waals surface area contributed by atoms with Crippen LogP contribution in [0.2, 0.25) is 23.4 Å². The molecule has 2 aromatic heterocycles. The van der Waals surface area contributed by atoms with E-state index in [9.17, 15) is 0 Å². The molecule has 3 N–H and O–H groups in total. The van der Waals surface area contributed by atoms with E-state index in [0.717, 1.165) is 0 Å². The summed E-state index contributed by atoms with van der Waals surface area (Å²) in [5.41, 5.74) is 7.37. The molecule has 0 amide bonds. The smallest absolute Gasteiger partial charge is 0.226 e. The number of halogens is 1. The molecule has 0 aromatic carbocycles. The van der Waals surface area contributed by atoms with Crippen LogP contribution in [0.4, 0.5) is 5.82 Å². The van der Waals surface area contributed by atoms with Gasteiger partial charge in [0.2, 0.25) is 5.28 Å². The fraction of sp³-hybridized carbons (Fsp3) is 0.684. The summed E-state index contributed by atoms with van der Waals surface area (Å²) in [5.74, 6) is 0.215. The molecule has 1 fully saturated rings. The average molecular weight is 471 g/mol. The van der Waals surface area contributed by atoms with Gasteiger partial charge in [-0.15, -0.1) is 0 Å². The van der Waals surface area contributed by atoms with Crippen LogP contribution in [-0.4, -0.2) is 64.2 Å². The van der Waals surface area contributed by atoms with Crippen molar-refractivity contribution in [2.45, 2.75) is 70.7 Å². The molecule has 0 unspecified atom stereocenters. The number of fused-ring (bicyclic) bond motifs is 1. The molecule has 172 valence electrons. The van der Waals surface area contributed by atoms with Gasteiger partial charge in [0, 0.05) is 6.42 Å². The van der Waals surface area contributed by atoms with Gasteiger partial charge >= 0.3 is 0 Å². The second-order valence-corrected chi connectivity index (χ2v) is 14.5. The van der Waals surface area contributed by atoms with Gasteiger partial charge in [-0.3, -0.25) is 4.57 Å².